The molecule has 1 saturated heterocycles. The van der Waals surface area contributed by atoms with E-state index in [0.717, 1.165) is 54.1 Å². The molecule has 1 aliphatic heterocycles. The summed E-state index contributed by atoms with van der Waals surface area (Å²) in [5.74, 6) is 0.520. The van der Waals surface area contributed by atoms with Crippen LogP contribution in [0.25, 0.3) is 17.2 Å². The predicted molar refractivity (Wildman–Crippen MR) is 135 cm³/mol. The molecule has 1 fully saturated rings. The van der Waals surface area contributed by atoms with E-state index in [4.69, 9.17) is 14.2 Å². The summed E-state index contributed by atoms with van der Waals surface area (Å²) < 4.78 is 16.4. The number of carbonyl (C=O) groups is 1. The van der Waals surface area contributed by atoms with Gasteiger partial charge in [-0.3, -0.25) is 0 Å². The lowest BCUT2D eigenvalue weighted by Gasteiger charge is -2.26. The van der Waals surface area contributed by atoms with Crippen molar-refractivity contribution in [2.45, 2.75) is 52.5 Å². The first-order valence-corrected chi connectivity index (χ1v) is 12.2. The number of nitrogens with zero attached hydrogens (tertiary/aromatic N) is 1. The number of hydrogen-bond acceptors (Lipinski definition) is 5. The van der Waals surface area contributed by atoms with E-state index in [1.165, 1.54) is 18.9 Å². The minimum absolute atomic E-state index is 0.316. The Morgan fingerprint density at radius 1 is 1.06 bits per heavy atom. The second kappa shape index (κ2) is 13.0. The van der Waals surface area contributed by atoms with Gasteiger partial charge in [0.2, 0.25) is 0 Å². The summed E-state index contributed by atoms with van der Waals surface area (Å²) in [6, 6.07) is 15.1. The minimum atomic E-state index is -0.316. The summed E-state index contributed by atoms with van der Waals surface area (Å²) in [7, 11) is 0. The van der Waals surface area contributed by atoms with Crippen LogP contribution in [0.1, 0.15) is 52.0 Å². The monoisotopic (exact) mass is 451 g/mol. The highest BCUT2D eigenvalue weighted by atomic mass is 16.5. The van der Waals surface area contributed by atoms with Crippen LogP contribution >= 0.6 is 0 Å². The number of carbonyl (C=O) groups excluding carboxylic acids is 1. The van der Waals surface area contributed by atoms with Gasteiger partial charge in [0.1, 0.15) is 12.4 Å². The van der Waals surface area contributed by atoms with Crippen molar-refractivity contribution in [2.75, 3.05) is 37.9 Å². The van der Waals surface area contributed by atoms with E-state index >= 15 is 0 Å². The highest BCUT2D eigenvalue weighted by molar-refractivity contribution is 5.89. The van der Waals surface area contributed by atoms with Gasteiger partial charge in [-0.15, -0.1) is 0 Å². The molecule has 0 amide bonds. The van der Waals surface area contributed by atoms with Crippen molar-refractivity contribution < 1.29 is 19.0 Å². The summed E-state index contributed by atoms with van der Waals surface area (Å²) in [4.78, 5) is 14.3. The Bertz CT molecular complexity index is 907. The maximum absolute atomic E-state index is 11.9. The molecule has 0 bridgehead atoms. The molecule has 1 aliphatic rings. The summed E-state index contributed by atoms with van der Waals surface area (Å²) in [5, 5.41) is 0. The SMILES string of the molecule is CCCCOCCOc1ccc(-c2ccc(N3CCCC3C)c(C=CC(=O)OCC)c2)cc1. The normalized spacial score (nSPS) is 15.8. The molecule has 1 unspecified atom stereocenters. The Labute approximate surface area is 198 Å². The Hall–Kier alpha value is -2.79. The smallest absolute Gasteiger partial charge is 0.330 e. The molecule has 2 aromatic carbocycles. The molecule has 3 rings (SSSR count). The molecule has 1 heterocycles. The Morgan fingerprint density at radius 3 is 2.55 bits per heavy atom. The summed E-state index contributed by atoms with van der Waals surface area (Å²) in [5.41, 5.74) is 4.39. The lowest BCUT2D eigenvalue weighted by Crippen LogP contribution is -2.26. The van der Waals surface area contributed by atoms with Gasteiger partial charge in [-0.25, -0.2) is 4.79 Å². The van der Waals surface area contributed by atoms with Crippen LogP contribution in [-0.2, 0) is 14.3 Å². The van der Waals surface area contributed by atoms with Crippen LogP contribution in [-0.4, -0.2) is 45.0 Å². The van der Waals surface area contributed by atoms with E-state index in [-0.39, 0.29) is 5.97 Å². The lowest BCUT2D eigenvalue weighted by molar-refractivity contribution is -0.137. The molecule has 0 N–H and O–H groups in total. The molecular formula is C28H37NO4. The van der Waals surface area contributed by atoms with Crippen molar-refractivity contribution in [3.63, 3.8) is 0 Å². The van der Waals surface area contributed by atoms with E-state index < -0.39 is 0 Å². The molecule has 0 radical (unpaired) electrons. The maximum atomic E-state index is 11.9. The van der Waals surface area contributed by atoms with Crippen molar-refractivity contribution in [3.8, 4) is 16.9 Å². The molecule has 0 spiro atoms. The van der Waals surface area contributed by atoms with E-state index in [1.807, 2.05) is 25.1 Å². The zero-order valence-corrected chi connectivity index (χ0v) is 20.2. The second-order valence-corrected chi connectivity index (χ2v) is 8.38. The standard InChI is InChI=1S/C28H37NO4/c1-4-6-18-31-19-20-33-26-13-9-23(10-14-26)24-11-15-27(29-17-7-8-22(29)3)25(21-24)12-16-28(30)32-5-2/h9-16,21-22H,4-8,17-20H2,1-3H3. The topological polar surface area (TPSA) is 48.0 Å². The fraction of sp³-hybridized carbons (Fsp3) is 0.464. The number of ether oxygens (including phenoxy) is 3. The molecule has 5 heteroatoms. The number of esters is 1. The van der Waals surface area contributed by atoms with Crippen LogP contribution in [0.5, 0.6) is 5.75 Å². The third kappa shape index (κ3) is 7.36. The van der Waals surface area contributed by atoms with Crippen LogP contribution < -0.4 is 9.64 Å². The van der Waals surface area contributed by atoms with Gasteiger partial charge in [-0.2, -0.15) is 0 Å². The lowest BCUT2D eigenvalue weighted by atomic mass is 10.0. The summed E-state index contributed by atoms with van der Waals surface area (Å²) in [6.07, 6.45) is 8.00. The highest BCUT2D eigenvalue weighted by Gasteiger charge is 2.22. The van der Waals surface area contributed by atoms with Crippen molar-refractivity contribution >= 4 is 17.7 Å². The van der Waals surface area contributed by atoms with E-state index in [9.17, 15) is 4.79 Å². The molecule has 178 valence electrons. The average Bonchev–Trinajstić information content (AvgIpc) is 3.26. The van der Waals surface area contributed by atoms with Crippen molar-refractivity contribution in [2.24, 2.45) is 0 Å². The van der Waals surface area contributed by atoms with Crippen LogP contribution in [0.15, 0.2) is 48.5 Å². The minimum Gasteiger partial charge on any atom is -0.491 e. The Kier molecular flexibility index (Phi) is 9.82. The zero-order valence-electron chi connectivity index (χ0n) is 20.2. The Balaban J connectivity index is 1.73. The third-order valence-corrected chi connectivity index (χ3v) is 5.90. The molecule has 0 aliphatic carbocycles. The van der Waals surface area contributed by atoms with Gasteiger partial charge in [0.25, 0.3) is 0 Å². The van der Waals surface area contributed by atoms with Crippen LogP contribution in [0.4, 0.5) is 5.69 Å². The fourth-order valence-electron chi connectivity index (χ4n) is 4.08. The molecular weight excluding hydrogens is 414 g/mol. The van der Waals surface area contributed by atoms with E-state index in [2.05, 4.69) is 49.1 Å². The number of benzene rings is 2. The molecule has 2 aromatic rings. The average molecular weight is 452 g/mol. The van der Waals surface area contributed by atoms with Gasteiger partial charge >= 0.3 is 5.97 Å². The molecule has 33 heavy (non-hydrogen) atoms. The molecule has 0 aromatic heterocycles. The zero-order chi connectivity index (χ0) is 23.5. The van der Waals surface area contributed by atoms with E-state index in [1.54, 1.807) is 0 Å². The second-order valence-electron chi connectivity index (χ2n) is 8.38. The molecule has 0 saturated carbocycles. The van der Waals surface area contributed by atoms with Crippen LogP contribution in [0, 0.1) is 0 Å². The Morgan fingerprint density at radius 2 is 1.85 bits per heavy atom. The van der Waals surface area contributed by atoms with Gasteiger partial charge in [0, 0.05) is 31.0 Å². The van der Waals surface area contributed by atoms with Crippen molar-refractivity contribution in [1.29, 1.82) is 0 Å². The predicted octanol–water partition coefficient (Wildman–Crippen LogP) is 6.11. The number of hydrogen-bond donors (Lipinski definition) is 0. The summed E-state index contributed by atoms with van der Waals surface area (Å²) >= 11 is 0. The molecule has 1 atom stereocenters. The van der Waals surface area contributed by atoms with Crippen LogP contribution in [0.2, 0.25) is 0 Å². The largest absolute Gasteiger partial charge is 0.491 e. The van der Waals surface area contributed by atoms with Gasteiger partial charge in [0.05, 0.1) is 13.2 Å². The van der Waals surface area contributed by atoms with Crippen molar-refractivity contribution in [1.82, 2.24) is 0 Å². The molecule has 5 nitrogen and oxygen atoms in total. The van der Waals surface area contributed by atoms with Gasteiger partial charge < -0.3 is 19.1 Å². The third-order valence-electron chi connectivity index (χ3n) is 5.90. The van der Waals surface area contributed by atoms with Crippen molar-refractivity contribution in [3.05, 3.63) is 54.1 Å². The quantitative estimate of drug-likeness (QED) is 0.221. The van der Waals surface area contributed by atoms with E-state index in [0.29, 0.717) is 25.9 Å². The maximum Gasteiger partial charge on any atom is 0.330 e. The van der Waals surface area contributed by atoms with Crippen LogP contribution in [0.3, 0.4) is 0 Å². The number of rotatable bonds is 12. The number of unbranched alkanes of at least 4 members (excludes halogenated alkanes) is 1. The first kappa shape index (κ1) is 24.8. The fourth-order valence-corrected chi connectivity index (χ4v) is 4.08. The van der Waals surface area contributed by atoms with Gasteiger partial charge in [-0.1, -0.05) is 31.5 Å². The first-order chi connectivity index (χ1) is 16.1. The van der Waals surface area contributed by atoms with Gasteiger partial charge in [0.15, 0.2) is 0 Å². The number of anilines is 1. The highest BCUT2D eigenvalue weighted by Crippen LogP contribution is 2.33. The summed E-state index contributed by atoms with van der Waals surface area (Å²) in [6.45, 7) is 9.58. The van der Waals surface area contributed by atoms with Gasteiger partial charge in [-0.05, 0) is 80.1 Å². The first-order valence-electron chi connectivity index (χ1n) is 12.2.